The van der Waals surface area contributed by atoms with Crippen molar-refractivity contribution < 1.29 is 9.59 Å². The number of hydrogen-bond donors (Lipinski definition) is 2. The van der Waals surface area contributed by atoms with Crippen LogP contribution in [-0.4, -0.2) is 22.1 Å². The average molecular weight is 367 g/mol. The van der Waals surface area contributed by atoms with Crippen molar-refractivity contribution in [1.29, 1.82) is 0 Å². The summed E-state index contributed by atoms with van der Waals surface area (Å²) < 4.78 is 1.73. The number of anilines is 1. The number of carbonyl (C=O) groups excluding carboxylic acids is 2. The van der Waals surface area contributed by atoms with Crippen molar-refractivity contribution in [3.63, 3.8) is 0 Å². The first-order chi connectivity index (χ1) is 12.5. The number of carbonyl (C=O) groups is 2. The van der Waals surface area contributed by atoms with Gasteiger partial charge in [0.1, 0.15) is 6.54 Å². The Morgan fingerprint density at radius 1 is 1.04 bits per heavy atom. The molecule has 26 heavy (non-hydrogen) atoms. The molecule has 1 heterocycles. The van der Waals surface area contributed by atoms with Gasteiger partial charge >= 0.3 is 0 Å². The van der Waals surface area contributed by atoms with E-state index in [1.165, 1.54) is 17.8 Å². The van der Waals surface area contributed by atoms with Crippen LogP contribution in [0.2, 0.25) is 0 Å². The maximum atomic E-state index is 12.5. The van der Waals surface area contributed by atoms with E-state index in [2.05, 4.69) is 5.32 Å². The number of rotatable bonds is 6. The van der Waals surface area contributed by atoms with Crippen LogP contribution >= 0.6 is 11.8 Å². The fraction of sp³-hybridized carbons (Fsp3) is 0.105. The lowest BCUT2D eigenvalue weighted by atomic mass is 10.2. The molecule has 0 fully saturated rings. The molecular weight excluding hydrogens is 350 g/mol. The van der Waals surface area contributed by atoms with E-state index >= 15 is 0 Å². The Labute approximate surface area is 154 Å². The molecule has 0 atom stereocenters. The summed E-state index contributed by atoms with van der Waals surface area (Å²) in [4.78, 5) is 36.2. The van der Waals surface area contributed by atoms with Gasteiger partial charge in [-0.05, 0) is 24.3 Å². The van der Waals surface area contributed by atoms with E-state index in [4.69, 9.17) is 5.73 Å². The highest BCUT2D eigenvalue weighted by molar-refractivity contribution is 8.00. The van der Waals surface area contributed by atoms with Gasteiger partial charge in [-0.15, -0.1) is 11.8 Å². The number of aromatic nitrogens is 1. The number of nitrogens with two attached hydrogens (primary N) is 1. The number of nitrogens with one attached hydrogen (secondary N) is 1. The van der Waals surface area contributed by atoms with Gasteiger partial charge in [-0.3, -0.25) is 14.4 Å². The smallest absolute Gasteiger partial charge is 0.244 e. The van der Waals surface area contributed by atoms with Crippen LogP contribution in [-0.2, 0) is 16.1 Å². The van der Waals surface area contributed by atoms with Crippen LogP contribution in [0.15, 0.2) is 70.5 Å². The minimum Gasteiger partial charge on any atom is -0.369 e. The van der Waals surface area contributed by atoms with Crippen LogP contribution < -0.4 is 16.5 Å². The molecular formula is C19H17N3O3S. The molecule has 3 rings (SSSR count). The van der Waals surface area contributed by atoms with E-state index in [9.17, 15) is 14.4 Å². The summed E-state index contributed by atoms with van der Waals surface area (Å²) in [7, 11) is 0. The predicted octanol–water partition coefficient (Wildman–Crippen LogP) is 2.22. The molecule has 0 bridgehead atoms. The number of fused-ring (bicyclic) bond motifs is 1. The molecule has 6 nitrogen and oxygen atoms in total. The zero-order chi connectivity index (χ0) is 18.5. The monoisotopic (exact) mass is 367 g/mol. The molecule has 0 saturated heterocycles. The quantitative estimate of drug-likeness (QED) is 0.653. The molecule has 7 heteroatoms. The first-order valence-electron chi connectivity index (χ1n) is 7.93. The number of amides is 2. The van der Waals surface area contributed by atoms with Crippen LogP contribution in [0.1, 0.15) is 0 Å². The lowest BCUT2D eigenvalue weighted by Crippen LogP contribution is -2.20. The van der Waals surface area contributed by atoms with E-state index in [-0.39, 0.29) is 23.6 Å². The van der Waals surface area contributed by atoms with Crippen LogP contribution in [0.4, 0.5) is 5.69 Å². The van der Waals surface area contributed by atoms with E-state index in [1.54, 1.807) is 41.1 Å². The highest BCUT2D eigenvalue weighted by Gasteiger charge is 2.10. The number of nitrogens with zero attached hydrogens (tertiary/aromatic N) is 1. The van der Waals surface area contributed by atoms with Crippen molar-refractivity contribution in [2.24, 2.45) is 5.73 Å². The van der Waals surface area contributed by atoms with E-state index in [0.717, 1.165) is 4.90 Å². The maximum absolute atomic E-state index is 12.5. The normalized spacial score (nSPS) is 10.6. The van der Waals surface area contributed by atoms with Gasteiger partial charge in [0.2, 0.25) is 11.8 Å². The van der Waals surface area contributed by atoms with Gasteiger partial charge in [0, 0.05) is 22.5 Å². The third-order valence-corrected chi connectivity index (χ3v) is 4.83. The number of thioether (sulfide) groups is 1. The highest BCUT2D eigenvalue weighted by Crippen LogP contribution is 2.26. The summed E-state index contributed by atoms with van der Waals surface area (Å²) in [6, 6.07) is 15.8. The van der Waals surface area contributed by atoms with Gasteiger partial charge < -0.3 is 15.6 Å². The van der Waals surface area contributed by atoms with E-state index < -0.39 is 5.91 Å². The number of hydrogen-bond acceptors (Lipinski definition) is 4. The van der Waals surface area contributed by atoms with Gasteiger partial charge in [-0.2, -0.15) is 0 Å². The fourth-order valence-corrected chi connectivity index (χ4v) is 3.33. The van der Waals surface area contributed by atoms with Gasteiger partial charge in [-0.1, -0.05) is 24.3 Å². The van der Waals surface area contributed by atoms with Crippen molar-refractivity contribution in [3.05, 3.63) is 71.0 Å². The molecule has 0 radical (unpaired) electrons. The molecule has 0 unspecified atom stereocenters. The fourth-order valence-electron chi connectivity index (χ4n) is 2.59. The van der Waals surface area contributed by atoms with Crippen molar-refractivity contribution in [2.45, 2.75) is 11.4 Å². The predicted molar refractivity (Wildman–Crippen MR) is 103 cm³/mol. The summed E-state index contributed by atoms with van der Waals surface area (Å²) in [6.45, 7) is 0.0651. The van der Waals surface area contributed by atoms with Crippen LogP contribution in [0, 0.1) is 0 Å². The van der Waals surface area contributed by atoms with Gasteiger partial charge in [-0.25, -0.2) is 0 Å². The van der Waals surface area contributed by atoms with Gasteiger partial charge in [0.25, 0.3) is 0 Å². The van der Waals surface area contributed by atoms with E-state index in [0.29, 0.717) is 16.6 Å². The van der Waals surface area contributed by atoms with Crippen LogP contribution in [0.5, 0.6) is 0 Å². The summed E-state index contributed by atoms with van der Waals surface area (Å²) in [5.74, 6) is -0.515. The standard InChI is InChI=1S/C19H17N3O3S/c20-18(24)12-26-17-8-4-2-6-14(17)21-19(25)11-22-10-9-16(23)13-5-1-3-7-15(13)22/h1-10H,11-12H2,(H2,20,24)(H,21,25). The molecule has 3 N–H and O–H groups in total. The summed E-state index contributed by atoms with van der Waals surface area (Å²) in [6.07, 6.45) is 1.61. The summed E-state index contributed by atoms with van der Waals surface area (Å²) >= 11 is 1.27. The van der Waals surface area contributed by atoms with Crippen LogP contribution in [0.3, 0.4) is 0 Å². The molecule has 2 aromatic carbocycles. The maximum Gasteiger partial charge on any atom is 0.244 e. The summed E-state index contributed by atoms with van der Waals surface area (Å²) in [5.41, 5.74) is 6.42. The van der Waals surface area contributed by atoms with Crippen molar-refractivity contribution in [3.8, 4) is 0 Å². The minimum absolute atomic E-state index is 0.0651. The van der Waals surface area contributed by atoms with Crippen molar-refractivity contribution >= 4 is 40.2 Å². The topological polar surface area (TPSA) is 94.2 Å². The third-order valence-electron chi connectivity index (χ3n) is 3.73. The molecule has 3 aromatic rings. The lowest BCUT2D eigenvalue weighted by molar-refractivity contribution is -0.117. The van der Waals surface area contributed by atoms with Gasteiger partial charge in [0.15, 0.2) is 5.43 Å². The first-order valence-corrected chi connectivity index (χ1v) is 8.91. The zero-order valence-corrected chi connectivity index (χ0v) is 14.7. The first kappa shape index (κ1) is 17.8. The Morgan fingerprint density at radius 2 is 1.77 bits per heavy atom. The SMILES string of the molecule is NC(=O)CSc1ccccc1NC(=O)Cn1ccc(=O)c2ccccc21. The minimum atomic E-state index is -0.421. The average Bonchev–Trinajstić information content (AvgIpc) is 2.63. The number of para-hydroxylation sites is 2. The molecule has 0 spiro atoms. The Bertz CT molecular complexity index is 1030. The Morgan fingerprint density at radius 3 is 2.58 bits per heavy atom. The second-order valence-corrected chi connectivity index (χ2v) is 6.64. The number of primary amides is 1. The lowest BCUT2D eigenvalue weighted by Gasteiger charge is -2.13. The molecule has 1 aromatic heterocycles. The molecule has 2 amide bonds. The van der Waals surface area contributed by atoms with Crippen molar-refractivity contribution in [1.82, 2.24) is 4.57 Å². The number of benzene rings is 2. The zero-order valence-electron chi connectivity index (χ0n) is 13.8. The summed E-state index contributed by atoms with van der Waals surface area (Å²) in [5, 5.41) is 3.42. The molecule has 0 saturated carbocycles. The second kappa shape index (κ2) is 7.88. The third kappa shape index (κ3) is 4.12. The number of pyridine rings is 1. The largest absolute Gasteiger partial charge is 0.369 e. The molecule has 0 aliphatic heterocycles. The van der Waals surface area contributed by atoms with E-state index in [1.807, 2.05) is 18.2 Å². The second-order valence-electron chi connectivity index (χ2n) is 5.62. The Balaban J connectivity index is 1.79. The van der Waals surface area contributed by atoms with Crippen molar-refractivity contribution in [2.75, 3.05) is 11.1 Å². The van der Waals surface area contributed by atoms with Crippen LogP contribution in [0.25, 0.3) is 10.9 Å². The molecule has 132 valence electrons. The Kier molecular flexibility index (Phi) is 5.38. The van der Waals surface area contributed by atoms with Gasteiger partial charge in [0.05, 0.1) is 17.0 Å². The molecule has 0 aliphatic carbocycles. The Hall–Kier alpha value is -3.06. The highest BCUT2D eigenvalue weighted by atomic mass is 32.2. The molecule has 0 aliphatic rings.